The van der Waals surface area contributed by atoms with E-state index in [-0.39, 0.29) is 11.7 Å². The smallest absolute Gasteiger partial charge is 0.250 e. The van der Waals surface area contributed by atoms with Gasteiger partial charge in [-0.15, -0.1) is 0 Å². The SMILES string of the molecule is Cc1ccc(/C=N\NC(=O)CSc2nc(C)cc(C)n2)cc1. The molecule has 0 saturated heterocycles. The van der Waals surface area contributed by atoms with Crippen molar-refractivity contribution in [2.75, 3.05) is 5.75 Å². The Morgan fingerprint density at radius 2 is 1.82 bits per heavy atom. The Kier molecular flexibility index (Phi) is 5.66. The van der Waals surface area contributed by atoms with Crippen LogP contribution in [0.5, 0.6) is 0 Å². The van der Waals surface area contributed by atoms with Crippen molar-refractivity contribution in [1.29, 1.82) is 0 Å². The van der Waals surface area contributed by atoms with Gasteiger partial charge in [-0.25, -0.2) is 15.4 Å². The van der Waals surface area contributed by atoms with Crippen molar-refractivity contribution < 1.29 is 4.79 Å². The molecule has 0 aliphatic rings. The summed E-state index contributed by atoms with van der Waals surface area (Å²) < 4.78 is 0. The number of hydrazone groups is 1. The van der Waals surface area contributed by atoms with Gasteiger partial charge in [0, 0.05) is 11.4 Å². The average molecular weight is 314 g/mol. The fourth-order valence-electron chi connectivity index (χ4n) is 1.75. The number of aromatic nitrogens is 2. The Morgan fingerprint density at radius 3 is 2.45 bits per heavy atom. The molecule has 1 N–H and O–H groups in total. The van der Waals surface area contributed by atoms with Crippen molar-refractivity contribution in [3.8, 4) is 0 Å². The van der Waals surface area contributed by atoms with E-state index in [0.717, 1.165) is 17.0 Å². The summed E-state index contributed by atoms with van der Waals surface area (Å²) >= 11 is 1.30. The average Bonchev–Trinajstić information content (AvgIpc) is 2.46. The number of thioether (sulfide) groups is 1. The van der Waals surface area contributed by atoms with Gasteiger partial charge in [-0.1, -0.05) is 41.6 Å². The van der Waals surface area contributed by atoms with Gasteiger partial charge in [0.1, 0.15) is 0 Å². The van der Waals surface area contributed by atoms with Gasteiger partial charge >= 0.3 is 0 Å². The number of nitrogens with one attached hydrogen (secondary N) is 1. The highest BCUT2D eigenvalue weighted by Gasteiger charge is 2.05. The van der Waals surface area contributed by atoms with E-state index in [1.165, 1.54) is 17.3 Å². The lowest BCUT2D eigenvalue weighted by atomic mass is 10.2. The molecule has 114 valence electrons. The molecule has 0 aliphatic carbocycles. The molecule has 0 saturated carbocycles. The quantitative estimate of drug-likeness (QED) is 0.399. The minimum absolute atomic E-state index is 0.184. The van der Waals surface area contributed by atoms with Gasteiger partial charge in [0.2, 0.25) is 0 Å². The van der Waals surface area contributed by atoms with E-state index in [0.29, 0.717) is 5.16 Å². The molecule has 1 aromatic carbocycles. The van der Waals surface area contributed by atoms with Crippen LogP contribution in [0.1, 0.15) is 22.5 Å². The molecule has 2 aromatic rings. The molecule has 0 radical (unpaired) electrons. The second-order valence-corrected chi connectivity index (χ2v) is 5.87. The van der Waals surface area contributed by atoms with Crippen molar-refractivity contribution in [2.45, 2.75) is 25.9 Å². The van der Waals surface area contributed by atoms with E-state index in [1.807, 2.05) is 51.1 Å². The molecule has 0 fully saturated rings. The Bertz CT molecular complexity index is 663. The number of carbonyl (C=O) groups is 1. The zero-order chi connectivity index (χ0) is 15.9. The largest absolute Gasteiger partial charge is 0.272 e. The summed E-state index contributed by atoms with van der Waals surface area (Å²) in [6, 6.07) is 9.79. The molecule has 1 amide bonds. The molecule has 1 heterocycles. The van der Waals surface area contributed by atoms with Gasteiger partial charge in [-0.3, -0.25) is 4.79 Å². The highest BCUT2D eigenvalue weighted by Crippen LogP contribution is 2.13. The number of aryl methyl sites for hydroxylation is 3. The fraction of sp³-hybridized carbons (Fsp3) is 0.250. The molecule has 6 heteroatoms. The highest BCUT2D eigenvalue weighted by molar-refractivity contribution is 7.99. The van der Waals surface area contributed by atoms with E-state index >= 15 is 0 Å². The Hall–Kier alpha value is -2.21. The fourth-order valence-corrected chi connectivity index (χ4v) is 2.49. The Balaban J connectivity index is 1.81. The summed E-state index contributed by atoms with van der Waals surface area (Å²) in [7, 11) is 0. The van der Waals surface area contributed by atoms with Crippen LogP contribution in [0, 0.1) is 20.8 Å². The molecule has 1 aromatic heterocycles. The van der Waals surface area contributed by atoms with Crippen LogP contribution in [-0.4, -0.2) is 27.8 Å². The molecule has 5 nitrogen and oxygen atoms in total. The topological polar surface area (TPSA) is 67.2 Å². The predicted octanol–water partition coefficient (Wildman–Crippen LogP) is 2.64. The Labute approximate surface area is 134 Å². The van der Waals surface area contributed by atoms with Crippen molar-refractivity contribution in [1.82, 2.24) is 15.4 Å². The first-order chi connectivity index (χ1) is 10.5. The number of nitrogens with zero attached hydrogens (tertiary/aromatic N) is 3. The van der Waals surface area contributed by atoms with Crippen LogP contribution in [0.3, 0.4) is 0 Å². The number of carbonyl (C=O) groups excluding carboxylic acids is 1. The lowest BCUT2D eigenvalue weighted by Gasteiger charge is -2.02. The summed E-state index contributed by atoms with van der Waals surface area (Å²) in [5.74, 6) is 0.0461. The number of amides is 1. The third kappa shape index (κ3) is 5.29. The van der Waals surface area contributed by atoms with Crippen molar-refractivity contribution in [3.05, 3.63) is 52.8 Å². The summed E-state index contributed by atoms with van der Waals surface area (Å²) in [5, 5.41) is 4.55. The number of benzene rings is 1. The van der Waals surface area contributed by atoms with Crippen LogP contribution in [-0.2, 0) is 4.79 Å². The maximum atomic E-state index is 11.7. The summed E-state index contributed by atoms with van der Waals surface area (Å²) in [5.41, 5.74) is 6.42. The Morgan fingerprint density at radius 1 is 1.18 bits per heavy atom. The van der Waals surface area contributed by atoms with Gasteiger partial charge < -0.3 is 0 Å². The number of hydrogen-bond acceptors (Lipinski definition) is 5. The molecule has 0 bridgehead atoms. The van der Waals surface area contributed by atoms with Crippen LogP contribution < -0.4 is 5.43 Å². The van der Waals surface area contributed by atoms with E-state index in [9.17, 15) is 4.79 Å². The van der Waals surface area contributed by atoms with E-state index < -0.39 is 0 Å². The third-order valence-electron chi connectivity index (χ3n) is 2.77. The number of rotatable bonds is 5. The van der Waals surface area contributed by atoms with Crippen molar-refractivity contribution in [2.24, 2.45) is 5.10 Å². The van der Waals surface area contributed by atoms with Crippen LogP contribution in [0.25, 0.3) is 0 Å². The second-order valence-electron chi connectivity index (χ2n) is 4.93. The maximum Gasteiger partial charge on any atom is 0.250 e. The lowest BCUT2D eigenvalue weighted by molar-refractivity contribution is -0.118. The van der Waals surface area contributed by atoms with Gasteiger partial charge in [-0.2, -0.15) is 5.10 Å². The van der Waals surface area contributed by atoms with Crippen molar-refractivity contribution in [3.63, 3.8) is 0 Å². The van der Waals surface area contributed by atoms with Gasteiger partial charge in [0.25, 0.3) is 5.91 Å². The van der Waals surface area contributed by atoms with Crippen LogP contribution >= 0.6 is 11.8 Å². The molecule has 22 heavy (non-hydrogen) atoms. The third-order valence-corrected chi connectivity index (χ3v) is 3.62. The molecule has 0 atom stereocenters. The first-order valence-corrected chi connectivity index (χ1v) is 7.85. The van der Waals surface area contributed by atoms with Gasteiger partial charge in [0.05, 0.1) is 12.0 Å². The van der Waals surface area contributed by atoms with Gasteiger partial charge in [0.15, 0.2) is 5.16 Å². The first-order valence-electron chi connectivity index (χ1n) is 6.86. The predicted molar refractivity (Wildman–Crippen MR) is 89.1 cm³/mol. The minimum Gasteiger partial charge on any atom is -0.272 e. The summed E-state index contributed by atoms with van der Waals surface area (Å²) in [6.45, 7) is 5.84. The van der Waals surface area contributed by atoms with Crippen LogP contribution in [0.2, 0.25) is 0 Å². The molecular formula is C16H18N4OS. The molecular weight excluding hydrogens is 296 g/mol. The van der Waals surface area contributed by atoms with E-state index in [4.69, 9.17) is 0 Å². The minimum atomic E-state index is -0.184. The highest BCUT2D eigenvalue weighted by atomic mass is 32.2. The normalized spacial score (nSPS) is 10.9. The standard InChI is InChI=1S/C16H18N4OS/c1-11-4-6-14(7-5-11)9-17-20-15(21)10-22-16-18-12(2)8-13(3)19-16/h4-9H,10H2,1-3H3,(H,20,21)/b17-9-. The molecule has 2 rings (SSSR count). The van der Waals surface area contributed by atoms with Crippen LogP contribution in [0.15, 0.2) is 40.6 Å². The molecule has 0 spiro atoms. The van der Waals surface area contributed by atoms with Crippen LogP contribution in [0.4, 0.5) is 0 Å². The monoisotopic (exact) mass is 314 g/mol. The second kappa shape index (κ2) is 7.70. The van der Waals surface area contributed by atoms with E-state index in [2.05, 4.69) is 20.5 Å². The zero-order valence-electron chi connectivity index (χ0n) is 12.8. The summed E-state index contributed by atoms with van der Waals surface area (Å²) in [6.07, 6.45) is 1.62. The number of hydrogen-bond donors (Lipinski definition) is 1. The van der Waals surface area contributed by atoms with E-state index in [1.54, 1.807) is 6.21 Å². The zero-order valence-corrected chi connectivity index (χ0v) is 13.6. The van der Waals surface area contributed by atoms with Gasteiger partial charge in [-0.05, 0) is 32.4 Å². The molecule has 0 unspecified atom stereocenters. The molecule has 0 aliphatic heterocycles. The first kappa shape index (κ1) is 16.2. The van der Waals surface area contributed by atoms with Crippen molar-refractivity contribution >= 4 is 23.9 Å². The summed E-state index contributed by atoms with van der Waals surface area (Å²) in [4.78, 5) is 20.3. The lowest BCUT2D eigenvalue weighted by Crippen LogP contribution is -2.19. The maximum absolute atomic E-state index is 11.7.